The third-order valence-corrected chi connectivity index (χ3v) is 5.23. The van der Waals surface area contributed by atoms with Gasteiger partial charge in [0.25, 0.3) is 0 Å². The molecule has 3 unspecified atom stereocenters. The highest BCUT2D eigenvalue weighted by Gasteiger charge is 2.43. The molecule has 3 atom stereocenters. The van der Waals surface area contributed by atoms with Gasteiger partial charge in [-0.1, -0.05) is 43.2 Å². The fourth-order valence-electron chi connectivity index (χ4n) is 3.62. The van der Waals surface area contributed by atoms with Crippen molar-refractivity contribution < 1.29 is 4.79 Å². The van der Waals surface area contributed by atoms with Gasteiger partial charge in [0.1, 0.15) is 6.17 Å². The zero-order chi connectivity index (χ0) is 15.0. The van der Waals surface area contributed by atoms with Gasteiger partial charge in [-0.15, -0.1) is 0 Å². The predicted octanol–water partition coefficient (Wildman–Crippen LogP) is 3.39. The van der Waals surface area contributed by atoms with Crippen LogP contribution in [0.25, 0.3) is 0 Å². The third-order valence-electron chi connectivity index (χ3n) is 5.23. The van der Waals surface area contributed by atoms with Gasteiger partial charge in [0.05, 0.1) is 6.04 Å². The third kappa shape index (κ3) is 2.59. The number of carbonyl (C=O) groups excluding carboxylic acids is 1. The zero-order valence-corrected chi connectivity index (χ0v) is 13.3. The first-order valence-electron chi connectivity index (χ1n) is 8.26. The van der Waals surface area contributed by atoms with Gasteiger partial charge in [-0.3, -0.25) is 10.1 Å². The lowest BCUT2D eigenvalue weighted by Crippen LogP contribution is -2.44. The maximum Gasteiger partial charge on any atom is 0.241 e. The van der Waals surface area contributed by atoms with Crippen LogP contribution in [0.4, 0.5) is 0 Å². The van der Waals surface area contributed by atoms with Crippen LogP contribution in [0.15, 0.2) is 24.3 Å². The Hall–Kier alpha value is -1.35. The summed E-state index contributed by atoms with van der Waals surface area (Å²) >= 11 is 0. The summed E-state index contributed by atoms with van der Waals surface area (Å²) in [6, 6.07) is 8.83. The number of hydrogen-bond acceptors (Lipinski definition) is 2. The highest BCUT2D eigenvalue weighted by molar-refractivity contribution is 5.84. The van der Waals surface area contributed by atoms with Crippen molar-refractivity contribution in [2.45, 2.75) is 64.7 Å². The average Bonchev–Trinajstić information content (AvgIpc) is 2.73. The molecule has 1 aromatic carbocycles. The quantitative estimate of drug-likeness (QED) is 0.920. The number of rotatable bonds is 4. The SMILES string of the molecule is CCC1NC(c2cccc(C)c2)N(C(C)C2CCC2)C1=O. The van der Waals surface area contributed by atoms with Crippen molar-refractivity contribution in [3.63, 3.8) is 0 Å². The van der Waals surface area contributed by atoms with Crippen LogP contribution in [0.3, 0.4) is 0 Å². The van der Waals surface area contributed by atoms with Crippen LogP contribution in [-0.2, 0) is 4.79 Å². The Morgan fingerprint density at radius 1 is 1.38 bits per heavy atom. The van der Waals surface area contributed by atoms with Crippen LogP contribution >= 0.6 is 0 Å². The molecule has 2 fully saturated rings. The largest absolute Gasteiger partial charge is 0.319 e. The first kappa shape index (κ1) is 14.6. The van der Waals surface area contributed by atoms with Gasteiger partial charge in [0.2, 0.25) is 5.91 Å². The lowest BCUT2D eigenvalue weighted by molar-refractivity contribution is -0.133. The number of carbonyl (C=O) groups is 1. The minimum Gasteiger partial charge on any atom is -0.319 e. The van der Waals surface area contributed by atoms with E-state index >= 15 is 0 Å². The van der Waals surface area contributed by atoms with Crippen molar-refractivity contribution in [1.29, 1.82) is 0 Å². The summed E-state index contributed by atoms with van der Waals surface area (Å²) in [6.07, 6.45) is 4.74. The summed E-state index contributed by atoms with van der Waals surface area (Å²) in [5, 5.41) is 3.54. The standard InChI is InChI=1S/C18H26N2O/c1-4-16-18(21)20(13(3)14-8-6-9-14)17(19-16)15-10-5-7-12(2)11-15/h5,7,10-11,13-14,16-17,19H,4,6,8-9H2,1-3H3. The van der Waals surface area contributed by atoms with Crippen LogP contribution < -0.4 is 5.32 Å². The van der Waals surface area contributed by atoms with Gasteiger partial charge in [-0.05, 0) is 44.6 Å². The van der Waals surface area contributed by atoms with Crippen molar-refractivity contribution in [3.8, 4) is 0 Å². The van der Waals surface area contributed by atoms with E-state index in [9.17, 15) is 4.79 Å². The molecular weight excluding hydrogens is 260 g/mol. The molecule has 1 N–H and O–H groups in total. The number of amides is 1. The topological polar surface area (TPSA) is 32.3 Å². The molecule has 1 saturated heterocycles. The van der Waals surface area contributed by atoms with E-state index in [1.807, 2.05) is 0 Å². The summed E-state index contributed by atoms with van der Waals surface area (Å²) in [4.78, 5) is 14.9. The van der Waals surface area contributed by atoms with E-state index in [-0.39, 0.29) is 18.1 Å². The molecule has 1 amide bonds. The Bertz CT molecular complexity index is 524. The van der Waals surface area contributed by atoms with Gasteiger partial charge in [-0.2, -0.15) is 0 Å². The fraction of sp³-hybridized carbons (Fsp3) is 0.611. The van der Waals surface area contributed by atoms with E-state index in [1.54, 1.807) is 0 Å². The molecule has 0 spiro atoms. The Kier molecular flexibility index (Phi) is 4.03. The van der Waals surface area contributed by atoms with E-state index in [1.165, 1.54) is 30.4 Å². The van der Waals surface area contributed by atoms with E-state index < -0.39 is 0 Å². The smallest absolute Gasteiger partial charge is 0.241 e. The molecule has 21 heavy (non-hydrogen) atoms. The van der Waals surface area contributed by atoms with Gasteiger partial charge < -0.3 is 4.90 Å². The predicted molar refractivity (Wildman–Crippen MR) is 84.8 cm³/mol. The van der Waals surface area contributed by atoms with Crippen molar-refractivity contribution in [1.82, 2.24) is 10.2 Å². The fourth-order valence-corrected chi connectivity index (χ4v) is 3.62. The van der Waals surface area contributed by atoms with Crippen LogP contribution in [-0.4, -0.2) is 22.9 Å². The molecule has 1 saturated carbocycles. The molecule has 0 aromatic heterocycles. The monoisotopic (exact) mass is 286 g/mol. The Labute approximate surface area is 127 Å². The van der Waals surface area contributed by atoms with Crippen LogP contribution in [0, 0.1) is 12.8 Å². The lowest BCUT2D eigenvalue weighted by atomic mass is 9.79. The number of nitrogens with zero attached hydrogens (tertiary/aromatic N) is 1. The summed E-state index contributed by atoms with van der Waals surface area (Å²) in [5.41, 5.74) is 2.46. The van der Waals surface area contributed by atoms with Crippen molar-refractivity contribution in [3.05, 3.63) is 35.4 Å². The van der Waals surface area contributed by atoms with Crippen molar-refractivity contribution >= 4 is 5.91 Å². The maximum absolute atomic E-state index is 12.8. The summed E-state index contributed by atoms with van der Waals surface area (Å²) in [7, 11) is 0. The van der Waals surface area contributed by atoms with Gasteiger partial charge >= 0.3 is 0 Å². The van der Waals surface area contributed by atoms with Crippen LogP contribution in [0.1, 0.15) is 56.8 Å². The molecule has 1 aliphatic heterocycles. The van der Waals surface area contributed by atoms with Crippen LogP contribution in [0.2, 0.25) is 0 Å². The molecule has 114 valence electrons. The van der Waals surface area contributed by atoms with Crippen molar-refractivity contribution in [2.75, 3.05) is 0 Å². The number of benzene rings is 1. The second-order valence-electron chi connectivity index (χ2n) is 6.62. The molecule has 1 aromatic rings. The molecule has 1 aliphatic carbocycles. The molecule has 0 bridgehead atoms. The second kappa shape index (κ2) is 5.80. The maximum atomic E-state index is 12.8. The lowest BCUT2D eigenvalue weighted by Gasteiger charge is -2.40. The average molecular weight is 286 g/mol. The molecule has 1 heterocycles. The van der Waals surface area contributed by atoms with E-state index in [4.69, 9.17) is 0 Å². The summed E-state index contributed by atoms with van der Waals surface area (Å²) in [5.74, 6) is 0.960. The molecule has 3 rings (SSSR count). The van der Waals surface area contributed by atoms with E-state index in [0.29, 0.717) is 12.0 Å². The number of nitrogens with one attached hydrogen (secondary N) is 1. The van der Waals surface area contributed by atoms with E-state index in [0.717, 1.165) is 6.42 Å². The van der Waals surface area contributed by atoms with Gasteiger partial charge in [-0.25, -0.2) is 0 Å². The first-order valence-corrected chi connectivity index (χ1v) is 8.26. The molecule has 3 heteroatoms. The molecule has 2 aliphatic rings. The van der Waals surface area contributed by atoms with Crippen LogP contribution in [0.5, 0.6) is 0 Å². The summed E-state index contributed by atoms with van der Waals surface area (Å²) in [6.45, 7) is 6.42. The highest BCUT2D eigenvalue weighted by atomic mass is 16.2. The first-order chi connectivity index (χ1) is 10.1. The second-order valence-corrected chi connectivity index (χ2v) is 6.62. The Morgan fingerprint density at radius 2 is 2.14 bits per heavy atom. The van der Waals surface area contributed by atoms with Gasteiger partial charge in [0.15, 0.2) is 0 Å². The van der Waals surface area contributed by atoms with Crippen molar-refractivity contribution in [2.24, 2.45) is 5.92 Å². The van der Waals surface area contributed by atoms with Gasteiger partial charge in [0, 0.05) is 6.04 Å². The van der Waals surface area contributed by atoms with E-state index in [2.05, 4.69) is 55.3 Å². The molecule has 3 nitrogen and oxygen atoms in total. The Balaban J connectivity index is 1.90. The minimum absolute atomic E-state index is 0.0296. The summed E-state index contributed by atoms with van der Waals surface area (Å²) < 4.78 is 0. The number of hydrogen-bond donors (Lipinski definition) is 1. The minimum atomic E-state index is -0.0296. The number of aryl methyl sites for hydroxylation is 1. The molecular formula is C18H26N2O. The zero-order valence-electron chi connectivity index (χ0n) is 13.3. The normalized spacial score (nSPS) is 27.8. The highest BCUT2D eigenvalue weighted by Crippen LogP contribution is 2.37. The molecule has 0 radical (unpaired) electrons. The Morgan fingerprint density at radius 3 is 2.71 bits per heavy atom.